The lowest BCUT2D eigenvalue weighted by Gasteiger charge is -2.33. The summed E-state index contributed by atoms with van der Waals surface area (Å²) >= 11 is 3.54. The van der Waals surface area contributed by atoms with Crippen molar-refractivity contribution >= 4 is 21.6 Å². The standard InChI is InChI=1S/C16H26BrN3/c1-12(18)15-10-14(17)4-5-16(15)20(3)11-13-6-8-19(2)9-7-13/h4-5,10,12-13H,6-9,11,18H2,1-3H3. The molecule has 0 radical (unpaired) electrons. The van der Waals surface area contributed by atoms with E-state index < -0.39 is 0 Å². The highest BCUT2D eigenvalue weighted by Gasteiger charge is 2.20. The third-order valence-electron chi connectivity index (χ3n) is 4.26. The maximum Gasteiger partial charge on any atom is 0.0412 e. The normalized spacial score (nSPS) is 19.1. The molecule has 1 aromatic rings. The van der Waals surface area contributed by atoms with Gasteiger partial charge in [-0.3, -0.25) is 0 Å². The van der Waals surface area contributed by atoms with Crippen LogP contribution in [0.25, 0.3) is 0 Å². The van der Waals surface area contributed by atoms with Crippen LogP contribution in [0.4, 0.5) is 5.69 Å². The van der Waals surface area contributed by atoms with E-state index >= 15 is 0 Å². The van der Waals surface area contributed by atoms with E-state index in [1.807, 2.05) is 0 Å². The molecule has 1 aliphatic heterocycles. The lowest BCUT2D eigenvalue weighted by atomic mass is 9.96. The van der Waals surface area contributed by atoms with Crippen LogP contribution in [0.5, 0.6) is 0 Å². The van der Waals surface area contributed by atoms with Gasteiger partial charge in [-0.05, 0) is 69.6 Å². The van der Waals surface area contributed by atoms with Gasteiger partial charge in [-0.25, -0.2) is 0 Å². The van der Waals surface area contributed by atoms with E-state index in [4.69, 9.17) is 5.73 Å². The fourth-order valence-electron chi connectivity index (χ4n) is 2.97. The summed E-state index contributed by atoms with van der Waals surface area (Å²) in [6.45, 7) is 5.61. The molecular weight excluding hydrogens is 314 g/mol. The number of hydrogen-bond donors (Lipinski definition) is 1. The number of hydrogen-bond acceptors (Lipinski definition) is 3. The Morgan fingerprint density at radius 2 is 2.05 bits per heavy atom. The Balaban J connectivity index is 2.07. The van der Waals surface area contributed by atoms with Crippen molar-refractivity contribution in [3.05, 3.63) is 28.2 Å². The third-order valence-corrected chi connectivity index (χ3v) is 4.75. The minimum atomic E-state index is 0.0578. The molecule has 1 atom stereocenters. The van der Waals surface area contributed by atoms with Crippen molar-refractivity contribution in [1.82, 2.24) is 4.90 Å². The van der Waals surface area contributed by atoms with Crippen molar-refractivity contribution < 1.29 is 0 Å². The topological polar surface area (TPSA) is 32.5 Å². The Morgan fingerprint density at radius 3 is 2.65 bits per heavy atom. The summed E-state index contributed by atoms with van der Waals surface area (Å²) in [5.74, 6) is 0.792. The van der Waals surface area contributed by atoms with E-state index in [1.165, 1.54) is 37.2 Å². The number of piperidine rings is 1. The highest BCUT2D eigenvalue weighted by Crippen LogP contribution is 2.29. The lowest BCUT2D eigenvalue weighted by Crippen LogP contribution is -2.36. The summed E-state index contributed by atoms with van der Waals surface area (Å²) in [6.07, 6.45) is 2.59. The number of rotatable bonds is 4. The Hall–Kier alpha value is -0.580. The van der Waals surface area contributed by atoms with Crippen molar-refractivity contribution in [2.45, 2.75) is 25.8 Å². The van der Waals surface area contributed by atoms with Crippen LogP contribution in [0, 0.1) is 5.92 Å². The molecular formula is C16H26BrN3. The predicted molar refractivity (Wildman–Crippen MR) is 90.2 cm³/mol. The van der Waals surface area contributed by atoms with Crippen molar-refractivity contribution in [3.8, 4) is 0 Å². The van der Waals surface area contributed by atoms with E-state index in [0.717, 1.165) is 16.9 Å². The van der Waals surface area contributed by atoms with Crippen molar-refractivity contribution in [2.24, 2.45) is 11.7 Å². The largest absolute Gasteiger partial charge is 0.374 e. The fraction of sp³-hybridized carbons (Fsp3) is 0.625. The number of nitrogens with two attached hydrogens (primary N) is 1. The fourth-order valence-corrected chi connectivity index (χ4v) is 3.35. The zero-order chi connectivity index (χ0) is 14.7. The molecule has 1 unspecified atom stereocenters. The van der Waals surface area contributed by atoms with E-state index in [1.54, 1.807) is 0 Å². The van der Waals surface area contributed by atoms with Gasteiger partial charge in [0.15, 0.2) is 0 Å². The van der Waals surface area contributed by atoms with Gasteiger partial charge in [0.2, 0.25) is 0 Å². The molecule has 4 heteroatoms. The predicted octanol–water partition coefficient (Wildman–Crippen LogP) is 3.25. The molecule has 3 nitrogen and oxygen atoms in total. The van der Waals surface area contributed by atoms with Crippen LogP contribution >= 0.6 is 15.9 Å². The van der Waals surface area contributed by atoms with Gasteiger partial charge < -0.3 is 15.5 Å². The van der Waals surface area contributed by atoms with Gasteiger partial charge in [-0.15, -0.1) is 0 Å². The quantitative estimate of drug-likeness (QED) is 0.913. The van der Waals surface area contributed by atoms with Crippen LogP contribution in [0.2, 0.25) is 0 Å². The Labute approximate surface area is 131 Å². The zero-order valence-corrected chi connectivity index (χ0v) is 14.4. The number of benzene rings is 1. The highest BCUT2D eigenvalue weighted by atomic mass is 79.9. The second-order valence-corrected chi connectivity index (χ2v) is 7.03. The molecule has 0 saturated carbocycles. The lowest BCUT2D eigenvalue weighted by molar-refractivity contribution is 0.222. The van der Waals surface area contributed by atoms with E-state index in [2.05, 4.69) is 64.9 Å². The van der Waals surface area contributed by atoms with Gasteiger partial charge >= 0.3 is 0 Å². The van der Waals surface area contributed by atoms with E-state index in [9.17, 15) is 0 Å². The number of halogens is 1. The van der Waals surface area contributed by atoms with E-state index in [-0.39, 0.29) is 6.04 Å². The van der Waals surface area contributed by atoms with Crippen LogP contribution in [0.3, 0.4) is 0 Å². The van der Waals surface area contributed by atoms with Crippen LogP contribution in [0.15, 0.2) is 22.7 Å². The third kappa shape index (κ3) is 3.96. The SMILES string of the molecule is CC(N)c1cc(Br)ccc1N(C)CC1CCN(C)CC1. The summed E-state index contributed by atoms with van der Waals surface area (Å²) in [6, 6.07) is 6.48. The van der Waals surface area contributed by atoms with Crippen molar-refractivity contribution in [2.75, 3.05) is 38.6 Å². The molecule has 0 aromatic heterocycles. The molecule has 1 heterocycles. The highest BCUT2D eigenvalue weighted by molar-refractivity contribution is 9.10. The molecule has 0 amide bonds. The van der Waals surface area contributed by atoms with Crippen molar-refractivity contribution in [1.29, 1.82) is 0 Å². The number of likely N-dealkylation sites (tertiary alicyclic amines) is 1. The van der Waals surface area contributed by atoms with Crippen LogP contribution in [-0.4, -0.2) is 38.6 Å². The number of nitrogens with zero attached hydrogens (tertiary/aromatic N) is 2. The maximum atomic E-state index is 6.12. The monoisotopic (exact) mass is 339 g/mol. The summed E-state index contributed by atoms with van der Waals surface area (Å²) in [5, 5.41) is 0. The summed E-state index contributed by atoms with van der Waals surface area (Å²) in [4.78, 5) is 4.80. The van der Waals surface area contributed by atoms with Crippen molar-refractivity contribution in [3.63, 3.8) is 0 Å². The first-order valence-electron chi connectivity index (χ1n) is 7.42. The minimum Gasteiger partial charge on any atom is -0.374 e. The summed E-state index contributed by atoms with van der Waals surface area (Å²) in [7, 11) is 4.40. The molecule has 0 aliphatic carbocycles. The van der Waals surface area contributed by atoms with E-state index in [0.29, 0.717) is 0 Å². The maximum absolute atomic E-state index is 6.12. The average Bonchev–Trinajstić information content (AvgIpc) is 2.41. The first-order chi connectivity index (χ1) is 9.47. The molecule has 112 valence electrons. The molecule has 1 aliphatic rings. The van der Waals surface area contributed by atoms with Gasteiger partial charge in [0.1, 0.15) is 0 Å². The second kappa shape index (κ2) is 6.92. The molecule has 1 aromatic carbocycles. The first-order valence-corrected chi connectivity index (χ1v) is 8.21. The van der Waals surface area contributed by atoms with Crippen LogP contribution < -0.4 is 10.6 Å². The smallest absolute Gasteiger partial charge is 0.0412 e. The molecule has 20 heavy (non-hydrogen) atoms. The summed E-state index contributed by atoms with van der Waals surface area (Å²) < 4.78 is 1.10. The Bertz CT molecular complexity index is 439. The Kier molecular flexibility index (Phi) is 5.47. The van der Waals surface area contributed by atoms with Gasteiger partial charge in [0, 0.05) is 29.8 Å². The van der Waals surface area contributed by atoms with Gasteiger partial charge in [0.25, 0.3) is 0 Å². The average molecular weight is 340 g/mol. The van der Waals surface area contributed by atoms with Gasteiger partial charge in [-0.2, -0.15) is 0 Å². The van der Waals surface area contributed by atoms with Crippen LogP contribution in [0.1, 0.15) is 31.4 Å². The second-order valence-electron chi connectivity index (χ2n) is 6.12. The molecule has 1 saturated heterocycles. The zero-order valence-electron chi connectivity index (χ0n) is 12.8. The molecule has 1 fully saturated rings. The first kappa shape index (κ1) is 15.8. The summed E-state index contributed by atoms with van der Waals surface area (Å²) in [5.41, 5.74) is 8.60. The van der Waals surface area contributed by atoms with Crippen LogP contribution in [-0.2, 0) is 0 Å². The Morgan fingerprint density at radius 1 is 1.40 bits per heavy atom. The molecule has 2 N–H and O–H groups in total. The molecule has 0 spiro atoms. The molecule has 2 rings (SSSR count). The van der Waals surface area contributed by atoms with Gasteiger partial charge in [-0.1, -0.05) is 15.9 Å². The minimum absolute atomic E-state index is 0.0578. The van der Waals surface area contributed by atoms with Gasteiger partial charge in [0.05, 0.1) is 0 Å². The number of anilines is 1. The molecule has 0 bridgehead atoms.